The summed E-state index contributed by atoms with van der Waals surface area (Å²) in [7, 11) is -3.72. The molecular formula is C9H10N2O3S. The third-order valence-corrected chi connectivity index (χ3v) is 4.31. The van der Waals surface area contributed by atoms with E-state index in [0.717, 1.165) is 4.31 Å². The second-order valence-corrected chi connectivity index (χ2v) is 5.00. The Kier molecular flexibility index (Phi) is 1.97. The summed E-state index contributed by atoms with van der Waals surface area (Å²) in [5, 5.41) is 0. The minimum atomic E-state index is -3.72. The molecule has 0 atom stereocenters. The average molecular weight is 226 g/mol. The van der Waals surface area contributed by atoms with Crippen LogP contribution in [0.15, 0.2) is 23.1 Å². The second-order valence-electron chi connectivity index (χ2n) is 3.20. The van der Waals surface area contributed by atoms with Gasteiger partial charge in [-0.05, 0) is 19.1 Å². The highest BCUT2D eigenvalue weighted by molar-refractivity contribution is 7.90. The van der Waals surface area contributed by atoms with Gasteiger partial charge in [-0.25, -0.2) is 12.7 Å². The molecule has 80 valence electrons. The minimum absolute atomic E-state index is 0.0585. The van der Waals surface area contributed by atoms with Gasteiger partial charge in [0, 0.05) is 6.54 Å². The van der Waals surface area contributed by atoms with E-state index in [0.29, 0.717) is 0 Å². The van der Waals surface area contributed by atoms with E-state index in [1.807, 2.05) is 0 Å². The number of nitrogens with two attached hydrogens (primary N) is 1. The first-order chi connectivity index (χ1) is 7.00. The van der Waals surface area contributed by atoms with Crippen molar-refractivity contribution in [2.75, 3.05) is 12.3 Å². The molecule has 5 nitrogen and oxygen atoms in total. The van der Waals surface area contributed by atoms with Crippen LogP contribution in [0.25, 0.3) is 0 Å². The van der Waals surface area contributed by atoms with E-state index in [9.17, 15) is 13.2 Å². The van der Waals surface area contributed by atoms with Crippen LogP contribution in [0.1, 0.15) is 17.3 Å². The summed E-state index contributed by atoms with van der Waals surface area (Å²) in [5.74, 6) is -0.500. The molecule has 2 N–H and O–H groups in total. The highest BCUT2D eigenvalue weighted by atomic mass is 32.2. The molecule has 1 aromatic rings. The van der Waals surface area contributed by atoms with Gasteiger partial charge < -0.3 is 5.73 Å². The lowest BCUT2D eigenvalue weighted by molar-refractivity contribution is 0.0876. The number of anilines is 1. The third kappa shape index (κ3) is 1.14. The number of carbonyl (C=O) groups is 1. The summed E-state index contributed by atoms with van der Waals surface area (Å²) in [6.45, 7) is 1.73. The summed E-state index contributed by atoms with van der Waals surface area (Å²) in [6.07, 6.45) is 0. The molecule has 0 radical (unpaired) electrons. The van der Waals surface area contributed by atoms with E-state index < -0.39 is 15.9 Å². The lowest BCUT2D eigenvalue weighted by Crippen LogP contribution is -2.29. The van der Waals surface area contributed by atoms with Gasteiger partial charge >= 0.3 is 0 Å². The standard InChI is InChI=1S/C9H10N2O3S/c1-2-11-9(12)6-4-3-5-7(10)8(6)15(11,13)14/h3-5H,2,10H2,1H3. The minimum Gasteiger partial charge on any atom is -0.398 e. The first kappa shape index (κ1) is 9.97. The van der Waals surface area contributed by atoms with Crippen LogP contribution in [0.2, 0.25) is 0 Å². The van der Waals surface area contributed by atoms with Gasteiger partial charge in [-0.2, -0.15) is 0 Å². The van der Waals surface area contributed by atoms with Crippen molar-refractivity contribution in [3.05, 3.63) is 23.8 Å². The van der Waals surface area contributed by atoms with Crippen molar-refractivity contribution >= 4 is 21.6 Å². The smallest absolute Gasteiger partial charge is 0.269 e. The first-order valence-electron chi connectivity index (χ1n) is 4.45. The molecule has 2 rings (SSSR count). The van der Waals surface area contributed by atoms with Crippen molar-refractivity contribution in [3.63, 3.8) is 0 Å². The van der Waals surface area contributed by atoms with E-state index in [4.69, 9.17) is 5.73 Å². The van der Waals surface area contributed by atoms with Crippen LogP contribution in [0, 0.1) is 0 Å². The lowest BCUT2D eigenvalue weighted by atomic mass is 10.2. The molecule has 15 heavy (non-hydrogen) atoms. The van der Waals surface area contributed by atoms with Crippen molar-refractivity contribution in [1.29, 1.82) is 0 Å². The molecule has 0 saturated heterocycles. The molecule has 1 heterocycles. The van der Waals surface area contributed by atoms with Crippen LogP contribution in [0.4, 0.5) is 5.69 Å². The number of nitrogen functional groups attached to an aromatic ring is 1. The molecule has 6 heteroatoms. The van der Waals surface area contributed by atoms with Gasteiger partial charge in [0.2, 0.25) is 0 Å². The number of carbonyl (C=O) groups excluding carboxylic acids is 1. The van der Waals surface area contributed by atoms with Gasteiger partial charge in [-0.1, -0.05) is 6.07 Å². The Labute approximate surface area is 87.5 Å². The normalized spacial score (nSPS) is 17.9. The Balaban J connectivity index is 2.81. The quantitative estimate of drug-likeness (QED) is 0.704. The van der Waals surface area contributed by atoms with Gasteiger partial charge in [-0.15, -0.1) is 0 Å². The highest BCUT2D eigenvalue weighted by Gasteiger charge is 2.41. The Morgan fingerprint density at radius 3 is 2.60 bits per heavy atom. The lowest BCUT2D eigenvalue weighted by Gasteiger charge is -2.11. The molecule has 0 unspecified atom stereocenters. The summed E-state index contributed by atoms with van der Waals surface area (Å²) in [5.41, 5.74) is 5.85. The fourth-order valence-corrected chi connectivity index (χ4v) is 3.35. The van der Waals surface area contributed by atoms with Crippen molar-refractivity contribution in [2.45, 2.75) is 11.8 Å². The molecule has 1 amide bonds. The van der Waals surface area contributed by atoms with Gasteiger partial charge in [0.15, 0.2) is 0 Å². The SMILES string of the molecule is CCN1C(=O)c2cccc(N)c2S1(=O)=O. The Morgan fingerprint density at radius 1 is 1.40 bits per heavy atom. The van der Waals surface area contributed by atoms with Gasteiger partial charge in [0.25, 0.3) is 15.9 Å². The van der Waals surface area contributed by atoms with E-state index in [-0.39, 0.29) is 22.7 Å². The van der Waals surface area contributed by atoms with Crippen molar-refractivity contribution in [3.8, 4) is 0 Å². The van der Waals surface area contributed by atoms with Crippen LogP contribution < -0.4 is 5.73 Å². The van der Waals surface area contributed by atoms with Gasteiger partial charge in [0.05, 0.1) is 11.3 Å². The molecule has 0 spiro atoms. The zero-order valence-corrected chi connectivity index (χ0v) is 8.91. The van der Waals surface area contributed by atoms with Gasteiger partial charge in [-0.3, -0.25) is 4.79 Å². The van der Waals surface area contributed by atoms with Crippen molar-refractivity contribution in [2.24, 2.45) is 0 Å². The molecular weight excluding hydrogens is 216 g/mol. The number of benzene rings is 1. The zero-order valence-electron chi connectivity index (χ0n) is 8.10. The van der Waals surface area contributed by atoms with Crippen LogP contribution in [-0.4, -0.2) is 25.2 Å². The maximum atomic E-state index is 11.9. The van der Waals surface area contributed by atoms with Crippen LogP contribution in [0.5, 0.6) is 0 Å². The second kappa shape index (κ2) is 2.96. The van der Waals surface area contributed by atoms with Crippen molar-refractivity contribution < 1.29 is 13.2 Å². The Morgan fingerprint density at radius 2 is 2.07 bits per heavy atom. The maximum Gasteiger partial charge on any atom is 0.269 e. The number of hydrogen-bond acceptors (Lipinski definition) is 4. The number of fused-ring (bicyclic) bond motifs is 1. The monoisotopic (exact) mass is 226 g/mol. The first-order valence-corrected chi connectivity index (χ1v) is 5.89. The third-order valence-electron chi connectivity index (χ3n) is 2.34. The molecule has 1 aliphatic heterocycles. The summed E-state index contributed by atoms with van der Waals surface area (Å²) in [6, 6.07) is 4.52. The van der Waals surface area contributed by atoms with Crippen molar-refractivity contribution in [1.82, 2.24) is 4.31 Å². The molecule has 0 aliphatic carbocycles. The molecule has 0 bridgehead atoms. The molecule has 0 saturated carbocycles. The molecule has 0 aromatic heterocycles. The molecule has 0 fully saturated rings. The Bertz CT molecular complexity index is 536. The highest BCUT2D eigenvalue weighted by Crippen LogP contribution is 2.33. The number of rotatable bonds is 1. The maximum absolute atomic E-state index is 11.9. The number of nitrogens with zero attached hydrogens (tertiary/aromatic N) is 1. The predicted octanol–water partition coefficient (Wildman–Crippen LogP) is 0.433. The largest absolute Gasteiger partial charge is 0.398 e. The predicted molar refractivity (Wildman–Crippen MR) is 54.8 cm³/mol. The van der Waals surface area contributed by atoms with Gasteiger partial charge in [0.1, 0.15) is 4.90 Å². The summed E-state index contributed by atoms with van der Waals surface area (Å²) in [4.78, 5) is 11.6. The Hall–Kier alpha value is -1.56. The van der Waals surface area contributed by atoms with Crippen LogP contribution >= 0.6 is 0 Å². The summed E-state index contributed by atoms with van der Waals surface area (Å²) >= 11 is 0. The fraction of sp³-hybridized carbons (Fsp3) is 0.222. The average Bonchev–Trinajstić information content (AvgIpc) is 2.36. The molecule has 1 aliphatic rings. The van der Waals surface area contributed by atoms with E-state index in [1.165, 1.54) is 12.1 Å². The zero-order chi connectivity index (χ0) is 11.2. The summed E-state index contributed by atoms with van der Waals surface area (Å²) < 4.78 is 24.6. The topological polar surface area (TPSA) is 80.5 Å². The van der Waals surface area contributed by atoms with Crippen LogP contribution in [0.3, 0.4) is 0 Å². The van der Waals surface area contributed by atoms with E-state index in [2.05, 4.69) is 0 Å². The fourth-order valence-electron chi connectivity index (χ4n) is 1.68. The number of amides is 1. The van der Waals surface area contributed by atoms with E-state index in [1.54, 1.807) is 13.0 Å². The number of hydrogen-bond donors (Lipinski definition) is 1. The van der Waals surface area contributed by atoms with E-state index >= 15 is 0 Å². The number of sulfonamides is 1. The molecule has 1 aromatic carbocycles. The van der Waals surface area contributed by atoms with Crippen LogP contribution in [-0.2, 0) is 10.0 Å².